The van der Waals surface area contributed by atoms with Crippen LogP contribution in [0.2, 0.25) is 0 Å². The Morgan fingerprint density at radius 1 is 0.773 bits per heavy atom. The first-order valence-electron chi connectivity index (χ1n) is 6.85. The predicted octanol–water partition coefficient (Wildman–Crippen LogP) is 2.96. The first-order chi connectivity index (χ1) is 10.6. The van der Waals surface area contributed by atoms with Gasteiger partial charge in [0, 0.05) is 0 Å². The first kappa shape index (κ1) is 13.9. The number of hydrogen-bond donors (Lipinski definition) is 1. The number of hydrogen-bond acceptors (Lipinski definition) is 3. The lowest BCUT2D eigenvalue weighted by molar-refractivity contribution is -0.268. The molecule has 0 amide bonds. The molecule has 0 aliphatic heterocycles. The second kappa shape index (κ2) is 5.74. The average Bonchev–Trinajstić information content (AvgIpc) is 2.53. The molecule has 0 heterocycles. The van der Waals surface area contributed by atoms with E-state index in [1.165, 1.54) is 24.3 Å². The van der Waals surface area contributed by atoms with Crippen LogP contribution in [0, 0.1) is 0 Å². The van der Waals surface area contributed by atoms with Crippen molar-refractivity contribution in [3.05, 3.63) is 89.5 Å². The Kier molecular flexibility index (Phi) is 3.62. The molecule has 3 heteroatoms. The van der Waals surface area contributed by atoms with Crippen molar-refractivity contribution in [1.82, 2.24) is 0 Å². The number of rotatable bonds is 2. The van der Waals surface area contributed by atoms with Crippen LogP contribution in [0.4, 0.5) is 0 Å². The van der Waals surface area contributed by atoms with Crippen molar-refractivity contribution < 1.29 is 15.0 Å². The molecular formula is C19H13O3-. The van der Waals surface area contributed by atoms with Gasteiger partial charge in [-0.3, -0.25) is 4.79 Å². The molecule has 0 aromatic heterocycles. The highest BCUT2D eigenvalue weighted by Gasteiger charge is 2.11. The summed E-state index contributed by atoms with van der Waals surface area (Å²) in [6, 6.07) is 13.4. The Balaban J connectivity index is 2.18. The fraction of sp³-hybridized carbons (Fsp3) is 0. The number of phenolic OH excluding ortho intramolecular Hbond substituents is 1. The molecule has 108 valence electrons. The van der Waals surface area contributed by atoms with E-state index in [0.717, 1.165) is 22.3 Å². The van der Waals surface area contributed by atoms with Gasteiger partial charge in [0.2, 0.25) is 0 Å². The van der Waals surface area contributed by atoms with E-state index in [1.807, 2.05) is 0 Å². The van der Waals surface area contributed by atoms with E-state index in [9.17, 15) is 15.0 Å². The van der Waals surface area contributed by atoms with E-state index in [2.05, 4.69) is 0 Å². The zero-order chi connectivity index (χ0) is 15.5. The van der Waals surface area contributed by atoms with Crippen LogP contribution in [-0.2, 0) is 4.79 Å². The van der Waals surface area contributed by atoms with Crippen LogP contribution in [0.3, 0.4) is 0 Å². The van der Waals surface area contributed by atoms with Crippen molar-refractivity contribution in [2.45, 2.75) is 0 Å². The molecule has 0 unspecified atom stereocenters. The minimum atomic E-state index is -0.0521. The number of benzene rings is 2. The lowest BCUT2D eigenvalue weighted by Gasteiger charge is -2.15. The number of carbonyl (C=O) groups excluding carboxylic acids is 1. The highest BCUT2D eigenvalue weighted by Crippen LogP contribution is 2.31. The van der Waals surface area contributed by atoms with Gasteiger partial charge in [-0.1, -0.05) is 48.6 Å². The van der Waals surface area contributed by atoms with E-state index in [0.29, 0.717) is 0 Å². The zero-order valence-electron chi connectivity index (χ0n) is 11.7. The molecule has 0 radical (unpaired) electrons. The minimum absolute atomic E-state index is 0.0521. The fourth-order valence-corrected chi connectivity index (χ4v) is 2.37. The van der Waals surface area contributed by atoms with Crippen molar-refractivity contribution in [1.29, 1.82) is 0 Å². The van der Waals surface area contributed by atoms with E-state index < -0.39 is 0 Å². The molecule has 22 heavy (non-hydrogen) atoms. The SMILES string of the molecule is O=C1C=CC(=C(c2ccc([O-])cc2)c2ccc(O)cc2)C=C1. The van der Waals surface area contributed by atoms with E-state index in [1.54, 1.807) is 48.6 Å². The molecule has 1 aliphatic carbocycles. The topological polar surface area (TPSA) is 60.4 Å². The van der Waals surface area contributed by atoms with Gasteiger partial charge in [-0.25, -0.2) is 0 Å². The molecule has 2 aromatic rings. The summed E-state index contributed by atoms with van der Waals surface area (Å²) in [5.74, 6) is 0.0836. The lowest BCUT2D eigenvalue weighted by atomic mass is 9.91. The van der Waals surface area contributed by atoms with Gasteiger partial charge in [0.25, 0.3) is 0 Å². The van der Waals surface area contributed by atoms with Crippen molar-refractivity contribution in [2.75, 3.05) is 0 Å². The number of ketones is 1. The smallest absolute Gasteiger partial charge is 0.178 e. The maximum atomic E-state index is 11.3. The summed E-state index contributed by atoms with van der Waals surface area (Å²) >= 11 is 0. The van der Waals surface area contributed by atoms with Gasteiger partial charge in [0.15, 0.2) is 5.78 Å². The van der Waals surface area contributed by atoms with Gasteiger partial charge >= 0.3 is 0 Å². The fourth-order valence-electron chi connectivity index (χ4n) is 2.37. The van der Waals surface area contributed by atoms with Gasteiger partial charge < -0.3 is 10.2 Å². The Morgan fingerprint density at radius 2 is 1.27 bits per heavy atom. The van der Waals surface area contributed by atoms with Crippen LogP contribution in [0.1, 0.15) is 11.1 Å². The van der Waals surface area contributed by atoms with Crippen LogP contribution in [-0.4, -0.2) is 10.9 Å². The molecule has 0 bridgehead atoms. The normalized spacial score (nSPS) is 13.5. The monoisotopic (exact) mass is 289 g/mol. The van der Waals surface area contributed by atoms with Gasteiger partial charge in [-0.2, -0.15) is 0 Å². The van der Waals surface area contributed by atoms with Crippen LogP contribution < -0.4 is 5.11 Å². The Hall–Kier alpha value is -3.07. The van der Waals surface area contributed by atoms with E-state index in [-0.39, 0.29) is 17.3 Å². The molecule has 0 saturated carbocycles. The van der Waals surface area contributed by atoms with Gasteiger partial charge in [-0.15, -0.1) is 5.75 Å². The highest BCUT2D eigenvalue weighted by molar-refractivity contribution is 6.03. The summed E-state index contributed by atoms with van der Waals surface area (Å²) in [6.45, 7) is 0. The molecular weight excluding hydrogens is 276 g/mol. The number of carbonyl (C=O) groups is 1. The third-order valence-corrected chi connectivity index (χ3v) is 3.44. The molecule has 2 aromatic carbocycles. The second-order valence-electron chi connectivity index (χ2n) is 4.97. The van der Waals surface area contributed by atoms with Crippen LogP contribution in [0.5, 0.6) is 11.5 Å². The average molecular weight is 289 g/mol. The quantitative estimate of drug-likeness (QED) is 0.924. The largest absolute Gasteiger partial charge is 0.872 e. The molecule has 1 aliphatic rings. The molecule has 0 atom stereocenters. The predicted molar refractivity (Wildman–Crippen MR) is 83.3 cm³/mol. The summed E-state index contributed by atoms with van der Waals surface area (Å²) in [5, 5.41) is 20.8. The summed E-state index contributed by atoms with van der Waals surface area (Å²) in [6.07, 6.45) is 6.54. The van der Waals surface area contributed by atoms with Crippen molar-refractivity contribution in [3.8, 4) is 11.5 Å². The van der Waals surface area contributed by atoms with E-state index >= 15 is 0 Å². The van der Waals surface area contributed by atoms with Crippen molar-refractivity contribution in [2.24, 2.45) is 0 Å². The number of allylic oxidation sites excluding steroid dienone is 5. The number of phenols is 1. The molecule has 0 fully saturated rings. The maximum Gasteiger partial charge on any atom is 0.178 e. The summed E-state index contributed by atoms with van der Waals surface area (Å²) in [5.41, 5.74) is 3.56. The Bertz CT molecular complexity index is 726. The van der Waals surface area contributed by atoms with Crippen LogP contribution in [0.25, 0.3) is 5.57 Å². The molecule has 3 nitrogen and oxygen atoms in total. The Labute approximate surface area is 128 Å². The molecule has 1 N–H and O–H groups in total. The zero-order valence-corrected chi connectivity index (χ0v) is 11.7. The van der Waals surface area contributed by atoms with Gasteiger partial charge in [0.1, 0.15) is 5.75 Å². The molecule has 3 rings (SSSR count). The van der Waals surface area contributed by atoms with Crippen LogP contribution in [0.15, 0.2) is 78.4 Å². The van der Waals surface area contributed by atoms with E-state index in [4.69, 9.17) is 0 Å². The highest BCUT2D eigenvalue weighted by atomic mass is 16.3. The minimum Gasteiger partial charge on any atom is -0.872 e. The lowest BCUT2D eigenvalue weighted by Crippen LogP contribution is -1.98. The number of aromatic hydroxyl groups is 1. The summed E-state index contributed by atoms with van der Waals surface area (Å²) in [4.78, 5) is 11.3. The molecule has 0 spiro atoms. The molecule has 0 saturated heterocycles. The third-order valence-electron chi connectivity index (χ3n) is 3.44. The van der Waals surface area contributed by atoms with Crippen molar-refractivity contribution in [3.63, 3.8) is 0 Å². The van der Waals surface area contributed by atoms with Crippen molar-refractivity contribution >= 4 is 11.4 Å². The van der Waals surface area contributed by atoms with Gasteiger partial charge in [-0.05, 0) is 46.6 Å². The first-order valence-corrected chi connectivity index (χ1v) is 6.85. The standard InChI is InChI=1S/C19H14O3/c20-16-7-1-13(2-8-16)19(14-3-9-17(21)10-4-14)15-5-11-18(22)12-6-15/h1-12,20-21H/p-1. The summed E-state index contributed by atoms with van der Waals surface area (Å²) in [7, 11) is 0. The Morgan fingerprint density at radius 3 is 1.82 bits per heavy atom. The van der Waals surface area contributed by atoms with Gasteiger partial charge in [0.05, 0.1) is 0 Å². The third kappa shape index (κ3) is 2.83. The van der Waals surface area contributed by atoms with Crippen LogP contribution >= 0.6 is 0 Å². The second-order valence-corrected chi connectivity index (χ2v) is 4.97. The summed E-state index contributed by atoms with van der Waals surface area (Å²) < 4.78 is 0. The maximum absolute atomic E-state index is 11.3.